The van der Waals surface area contributed by atoms with Crippen LogP contribution in [0.1, 0.15) is 4.88 Å². The lowest BCUT2D eigenvalue weighted by Gasteiger charge is -2.03. The highest BCUT2D eigenvalue weighted by atomic mass is 32.2. The van der Waals surface area contributed by atoms with E-state index in [1.165, 1.54) is 17.5 Å². The number of hydrogen-bond acceptors (Lipinski definition) is 6. The Hall–Kier alpha value is -1.45. The fraction of sp³-hybridized carbons (Fsp3) is 0.143. The molecule has 0 aliphatic heterocycles. The molecule has 0 atom stereocenters. The van der Waals surface area contributed by atoms with Crippen LogP contribution >= 0.6 is 11.3 Å². The minimum atomic E-state index is -3.61. The van der Waals surface area contributed by atoms with Crippen LogP contribution in [-0.4, -0.2) is 23.6 Å². The Kier molecular flexibility index (Phi) is 2.90. The second-order valence-corrected chi connectivity index (χ2v) is 5.65. The van der Waals surface area contributed by atoms with Crippen LogP contribution in [0.25, 0.3) is 0 Å². The molecular formula is C7H9N5O2S2. The second-order valence-electron chi connectivity index (χ2n) is 2.94. The van der Waals surface area contributed by atoms with Crippen molar-refractivity contribution in [1.29, 1.82) is 0 Å². The van der Waals surface area contributed by atoms with Crippen molar-refractivity contribution < 1.29 is 8.42 Å². The Labute approximate surface area is 95.8 Å². The van der Waals surface area contributed by atoms with E-state index in [4.69, 9.17) is 5.73 Å². The Balaban J connectivity index is 2.13. The first-order valence-electron chi connectivity index (χ1n) is 4.25. The molecule has 86 valence electrons. The molecule has 0 saturated heterocycles. The first kappa shape index (κ1) is 11.0. The topological polar surface area (TPSA) is 114 Å². The quantitative estimate of drug-likeness (QED) is 0.711. The summed E-state index contributed by atoms with van der Waals surface area (Å²) in [5, 5.41) is 5.92. The molecule has 16 heavy (non-hydrogen) atoms. The van der Waals surface area contributed by atoms with E-state index in [-0.39, 0.29) is 17.3 Å². The summed E-state index contributed by atoms with van der Waals surface area (Å²) in [4.78, 5) is 4.62. The summed E-state index contributed by atoms with van der Waals surface area (Å²) >= 11 is 1.37. The average Bonchev–Trinajstić information content (AvgIpc) is 2.85. The van der Waals surface area contributed by atoms with Gasteiger partial charge in [0.1, 0.15) is 10.7 Å². The van der Waals surface area contributed by atoms with Gasteiger partial charge in [-0.1, -0.05) is 0 Å². The third-order valence-corrected chi connectivity index (χ3v) is 4.05. The highest BCUT2D eigenvalue weighted by molar-refractivity contribution is 7.89. The number of H-pyrrole nitrogens is 1. The van der Waals surface area contributed by atoms with E-state index >= 15 is 0 Å². The van der Waals surface area contributed by atoms with Crippen LogP contribution in [0.15, 0.2) is 22.8 Å². The number of nitrogens with one attached hydrogen (secondary N) is 2. The van der Waals surface area contributed by atoms with Gasteiger partial charge >= 0.3 is 0 Å². The Morgan fingerprint density at radius 1 is 1.50 bits per heavy atom. The van der Waals surface area contributed by atoms with Crippen molar-refractivity contribution in [3.05, 3.63) is 22.8 Å². The standard InChI is InChI=1S/C7H9N5O2S2/c8-7-6(3-10-12-7)16(13,14)11-2-5-1-9-4-15-5/h1,3-4,11H,2H2,(H3,8,10,12). The normalized spacial score (nSPS) is 11.8. The first-order valence-corrected chi connectivity index (χ1v) is 6.62. The first-order chi connectivity index (χ1) is 7.59. The molecule has 0 aliphatic carbocycles. The smallest absolute Gasteiger partial charge is 0.246 e. The maximum Gasteiger partial charge on any atom is 0.246 e. The van der Waals surface area contributed by atoms with Gasteiger partial charge in [0.15, 0.2) is 0 Å². The predicted octanol–water partition coefficient (Wildman–Crippen LogP) is -0.0731. The van der Waals surface area contributed by atoms with Crippen LogP contribution < -0.4 is 10.5 Å². The van der Waals surface area contributed by atoms with Crippen molar-refractivity contribution in [1.82, 2.24) is 19.9 Å². The number of sulfonamides is 1. The SMILES string of the molecule is Nc1[nH]ncc1S(=O)(=O)NCc1cncs1. The van der Waals surface area contributed by atoms with Crippen molar-refractivity contribution in [3.63, 3.8) is 0 Å². The number of aromatic nitrogens is 3. The van der Waals surface area contributed by atoms with E-state index in [1.54, 1.807) is 11.7 Å². The van der Waals surface area contributed by atoms with Gasteiger partial charge in [0.05, 0.1) is 11.7 Å². The summed E-state index contributed by atoms with van der Waals surface area (Å²) < 4.78 is 25.9. The second kappa shape index (κ2) is 4.20. The van der Waals surface area contributed by atoms with Crippen LogP contribution in [0.5, 0.6) is 0 Å². The highest BCUT2D eigenvalue weighted by Gasteiger charge is 2.18. The van der Waals surface area contributed by atoms with Crippen LogP contribution in [0.4, 0.5) is 5.82 Å². The molecule has 2 rings (SSSR count). The molecule has 9 heteroatoms. The molecule has 0 aliphatic rings. The van der Waals surface area contributed by atoms with E-state index in [1.807, 2.05) is 0 Å². The average molecular weight is 259 g/mol. The summed E-state index contributed by atoms with van der Waals surface area (Å²) in [6.07, 6.45) is 2.77. The van der Waals surface area contributed by atoms with E-state index in [0.717, 1.165) is 4.88 Å². The maximum absolute atomic E-state index is 11.7. The van der Waals surface area contributed by atoms with Crippen molar-refractivity contribution in [2.45, 2.75) is 11.4 Å². The number of nitrogen functional groups attached to an aromatic ring is 1. The van der Waals surface area contributed by atoms with E-state index in [2.05, 4.69) is 19.9 Å². The molecule has 0 radical (unpaired) electrons. The van der Waals surface area contributed by atoms with Gasteiger partial charge in [0.25, 0.3) is 0 Å². The molecule has 2 heterocycles. The number of anilines is 1. The van der Waals surface area contributed by atoms with Gasteiger partial charge < -0.3 is 5.73 Å². The number of nitrogens with two attached hydrogens (primary N) is 1. The molecule has 2 aromatic rings. The molecule has 7 nitrogen and oxygen atoms in total. The van der Waals surface area contributed by atoms with Gasteiger partial charge in [-0.3, -0.25) is 10.1 Å². The molecule has 0 fully saturated rings. The highest BCUT2D eigenvalue weighted by Crippen LogP contribution is 2.14. The Morgan fingerprint density at radius 3 is 2.88 bits per heavy atom. The fourth-order valence-corrected chi connectivity index (χ4v) is 2.73. The molecule has 2 aromatic heterocycles. The van der Waals surface area contributed by atoms with Gasteiger partial charge in [0, 0.05) is 17.6 Å². The number of hydrogen-bond donors (Lipinski definition) is 3. The fourth-order valence-electron chi connectivity index (χ4n) is 1.07. The molecule has 0 bridgehead atoms. The predicted molar refractivity (Wildman–Crippen MR) is 59.1 cm³/mol. The van der Waals surface area contributed by atoms with Crippen LogP contribution in [0.3, 0.4) is 0 Å². The number of nitrogens with zero attached hydrogens (tertiary/aromatic N) is 2. The largest absolute Gasteiger partial charge is 0.383 e. The maximum atomic E-state index is 11.7. The number of rotatable bonds is 4. The lowest BCUT2D eigenvalue weighted by atomic mass is 10.6. The van der Waals surface area contributed by atoms with Crippen molar-refractivity contribution in [2.75, 3.05) is 5.73 Å². The molecule has 0 aromatic carbocycles. The Morgan fingerprint density at radius 2 is 2.31 bits per heavy atom. The van der Waals surface area contributed by atoms with E-state index in [0.29, 0.717) is 0 Å². The third-order valence-electron chi connectivity index (χ3n) is 1.84. The summed E-state index contributed by atoms with van der Waals surface area (Å²) in [5.41, 5.74) is 7.06. The minimum absolute atomic E-state index is 0.0248. The lowest BCUT2D eigenvalue weighted by Crippen LogP contribution is -2.23. The van der Waals surface area contributed by atoms with E-state index < -0.39 is 10.0 Å². The molecule has 0 spiro atoms. The zero-order valence-electron chi connectivity index (χ0n) is 8.04. The van der Waals surface area contributed by atoms with Crippen molar-refractivity contribution in [3.8, 4) is 0 Å². The third kappa shape index (κ3) is 2.21. The summed E-state index contributed by atoms with van der Waals surface area (Å²) in [5.74, 6) is 0.0248. The van der Waals surface area contributed by atoms with Gasteiger partial charge in [-0.15, -0.1) is 11.3 Å². The van der Waals surface area contributed by atoms with Crippen molar-refractivity contribution in [2.24, 2.45) is 0 Å². The van der Waals surface area contributed by atoms with Gasteiger partial charge in [0.2, 0.25) is 10.0 Å². The monoisotopic (exact) mass is 259 g/mol. The summed E-state index contributed by atoms with van der Waals surface area (Å²) in [6, 6.07) is 0. The van der Waals surface area contributed by atoms with Gasteiger partial charge in [-0.25, -0.2) is 13.1 Å². The summed E-state index contributed by atoms with van der Waals surface area (Å²) in [6.45, 7) is 0.192. The van der Waals surface area contributed by atoms with Gasteiger partial charge in [-0.2, -0.15) is 5.10 Å². The van der Waals surface area contributed by atoms with Crippen LogP contribution in [-0.2, 0) is 16.6 Å². The zero-order chi connectivity index (χ0) is 11.6. The number of aromatic amines is 1. The molecule has 0 saturated carbocycles. The zero-order valence-corrected chi connectivity index (χ0v) is 9.68. The minimum Gasteiger partial charge on any atom is -0.383 e. The van der Waals surface area contributed by atoms with Crippen molar-refractivity contribution >= 4 is 27.2 Å². The molecule has 0 unspecified atom stereocenters. The molecule has 0 amide bonds. The van der Waals surface area contributed by atoms with E-state index in [9.17, 15) is 8.42 Å². The molecule has 4 N–H and O–H groups in total. The van der Waals surface area contributed by atoms with Crippen LogP contribution in [0, 0.1) is 0 Å². The molecular weight excluding hydrogens is 250 g/mol. The summed E-state index contributed by atoms with van der Waals surface area (Å²) in [7, 11) is -3.61. The Bertz CT molecular complexity index is 559. The lowest BCUT2D eigenvalue weighted by molar-refractivity contribution is 0.582. The van der Waals surface area contributed by atoms with Gasteiger partial charge in [-0.05, 0) is 0 Å². The van der Waals surface area contributed by atoms with Crippen LogP contribution in [0.2, 0.25) is 0 Å². The number of thiazole rings is 1.